The number of benzene rings is 2. The number of halogens is 6. The quantitative estimate of drug-likeness (QED) is 0.357. The summed E-state index contributed by atoms with van der Waals surface area (Å²) in [5, 5.41) is 7.12. The number of nitrogens with zero attached hydrogens (tertiary/aromatic N) is 2. The van der Waals surface area contributed by atoms with Gasteiger partial charge in [-0.25, -0.2) is 9.78 Å². The Morgan fingerprint density at radius 3 is 2.05 bits per heavy atom. The number of aliphatic carboxylic acids is 1. The van der Waals surface area contributed by atoms with Crippen molar-refractivity contribution in [1.29, 1.82) is 0 Å². The molecule has 0 radical (unpaired) electrons. The molecule has 2 heterocycles. The Kier molecular flexibility index (Phi) is 7.93. The second-order valence-corrected chi connectivity index (χ2v) is 7.54. The second-order valence-electron chi connectivity index (χ2n) is 7.54. The van der Waals surface area contributed by atoms with Crippen molar-refractivity contribution in [1.82, 2.24) is 4.98 Å². The van der Waals surface area contributed by atoms with E-state index in [1.807, 2.05) is 18.2 Å². The highest BCUT2D eigenvalue weighted by Gasteiger charge is 2.39. The summed E-state index contributed by atoms with van der Waals surface area (Å²) >= 11 is 0. The highest BCUT2D eigenvalue weighted by molar-refractivity contribution is 6.52. The molecular weight excluding hydrogens is 526 g/mol. The SMILES string of the molecule is COc1ccc(-c2ccc(CN3C(=O)C(=O)c4cc(OC(F)(F)F)ccc43)cc2)cn1.O=C(O)C(F)(F)F. The van der Waals surface area contributed by atoms with Gasteiger partial charge >= 0.3 is 18.5 Å². The summed E-state index contributed by atoms with van der Waals surface area (Å²) in [6, 6.07) is 14.2. The molecular formula is C24H16F6N2O6. The van der Waals surface area contributed by atoms with Crippen LogP contribution in [0.25, 0.3) is 11.1 Å². The zero-order chi connectivity index (χ0) is 28.3. The third kappa shape index (κ3) is 6.78. The first-order valence-electron chi connectivity index (χ1n) is 10.3. The monoisotopic (exact) mass is 542 g/mol. The number of rotatable bonds is 5. The van der Waals surface area contributed by atoms with Gasteiger partial charge in [0.25, 0.3) is 11.7 Å². The fraction of sp³-hybridized carbons (Fsp3) is 0.167. The van der Waals surface area contributed by atoms with Gasteiger partial charge in [-0.05, 0) is 35.4 Å². The van der Waals surface area contributed by atoms with E-state index in [1.54, 1.807) is 24.4 Å². The summed E-state index contributed by atoms with van der Waals surface area (Å²) in [6.07, 6.45) is -8.30. The molecule has 0 unspecified atom stereocenters. The summed E-state index contributed by atoms with van der Waals surface area (Å²) in [5.41, 5.74) is 2.65. The predicted octanol–water partition coefficient (Wildman–Crippen LogP) is 5.02. The molecule has 1 aromatic heterocycles. The molecule has 1 N–H and O–H groups in total. The van der Waals surface area contributed by atoms with Gasteiger partial charge in [-0.2, -0.15) is 13.2 Å². The number of carboxylic acid groups (broad SMARTS) is 1. The van der Waals surface area contributed by atoms with Crippen molar-refractivity contribution in [3.8, 4) is 22.8 Å². The predicted molar refractivity (Wildman–Crippen MR) is 119 cm³/mol. The standard InChI is InChI=1S/C22H15F3N2O4.C2HF3O2/c1-30-19-9-6-15(11-26-19)14-4-2-13(3-5-14)12-27-18-8-7-16(31-22(23,24)25)10-17(18)20(28)21(27)29;3-2(4,5)1(6)7/h2-11H,12H2,1H3;(H,6,7). The third-order valence-electron chi connectivity index (χ3n) is 4.99. The van der Waals surface area contributed by atoms with Crippen molar-refractivity contribution in [3.05, 3.63) is 71.9 Å². The van der Waals surface area contributed by atoms with Crippen molar-refractivity contribution in [2.75, 3.05) is 12.0 Å². The van der Waals surface area contributed by atoms with E-state index in [9.17, 15) is 35.9 Å². The minimum atomic E-state index is -5.08. The molecule has 0 bridgehead atoms. The fourth-order valence-corrected chi connectivity index (χ4v) is 3.29. The zero-order valence-electron chi connectivity index (χ0n) is 19.1. The number of aromatic nitrogens is 1. The van der Waals surface area contributed by atoms with E-state index in [-0.39, 0.29) is 17.8 Å². The number of carbonyl (C=O) groups excluding carboxylic acids is 2. The van der Waals surface area contributed by atoms with Gasteiger partial charge < -0.3 is 19.5 Å². The van der Waals surface area contributed by atoms with Crippen LogP contribution in [0.3, 0.4) is 0 Å². The first-order chi connectivity index (χ1) is 17.7. The number of fused-ring (bicyclic) bond motifs is 1. The largest absolute Gasteiger partial charge is 0.573 e. The van der Waals surface area contributed by atoms with E-state index < -0.39 is 35.9 Å². The van der Waals surface area contributed by atoms with E-state index in [1.165, 1.54) is 18.1 Å². The average molecular weight is 542 g/mol. The lowest BCUT2D eigenvalue weighted by Gasteiger charge is -2.17. The summed E-state index contributed by atoms with van der Waals surface area (Å²) in [5.74, 6) is -4.48. The summed E-state index contributed by atoms with van der Waals surface area (Å²) in [7, 11) is 1.53. The zero-order valence-corrected chi connectivity index (χ0v) is 19.1. The Morgan fingerprint density at radius 1 is 0.947 bits per heavy atom. The van der Waals surface area contributed by atoms with E-state index in [0.717, 1.165) is 28.8 Å². The lowest BCUT2D eigenvalue weighted by molar-refractivity contribution is -0.274. The minimum Gasteiger partial charge on any atom is -0.481 e. The number of hydrogen-bond donors (Lipinski definition) is 1. The molecule has 200 valence electrons. The minimum absolute atomic E-state index is 0.0954. The Morgan fingerprint density at radius 2 is 1.55 bits per heavy atom. The molecule has 0 atom stereocenters. The third-order valence-corrected chi connectivity index (χ3v) is 4.99. The number of methoxy groups -OCH3 is 1. The van der Waals surface area contributed by atoms with Crippen LogP contribution in [0.15, 0.2) is 60.8 Å². The van der Waals surface area contributed by atoms with Crippen LogP contribution in [0.2, 0.25) is 0 Å². The van der Waals surface area contributed by atoms with Crippen LogP contribution in [0.5, 0.6) is 11.6 Å². The fourth-order valence-electron chi connectivity index (χ4n) is 3.29. The Bertz CT molecular complexity index is 1340. The Balaban J connectivity index is 0.000000505. The summed E-state index contributed by atoms with van der Waals surface area (Å²) in [4.78, 5) is 39.0. The van der Waals surface area contributed by atoms with Crippen LogP contribution in [-0.2, 0) is 16.1 Å². The molecule has 2 aromatic carbocycles. The number of carbonyl (C=O) groups is 3. The molecule has 8 nitrogen and oxygen atoms in total. The number of Topliss-reactive ketones (excluding diaryl/α,β-unsaturated/α-hetero) is 1. The molecule has 1 amide bonds. The molecule has 38 heavy (non-hydrogen) atoms. The topological polar surface area (TPSA) is 106 Å². The van der Waals surface area contributed by atoms with Crippen LogP contribution in [0.4, 0.5) is 32.0 Å². The van der Waals surface area contributed by atoms with Crippen molar-refractivity contribution in [2.24, 2.45) is 0 Å². The first-order valence-corrected chi connectivity index (χ1v) is 10.3. The van der Waals surface area contributed by atoms with E-state index in [2.05, 4.69) is 9.72 Å². The Labute approximate surface area is 210 Å². The maximum atomic E-state index is 12.4. The molecule has 4 rings (SSSR count). The van der Waals surface area contributed by atoms with Crippen LogP contribution in [0, 0.1) is 0 Å². The molecule has 0 fully saturated rings. The molecule has 0 saturated heterocycles. The van der Waals surface area contributed by atoms with Crippen LogP contribution in [-0.4, -0.2) is 47.4 Å². The number of ether oxygens (including phenoxy) is 2. The van der Waals surface area contributed by atoms with E-state index in [0.29, 0.717) is 5.88 Å². The molecule has 1 aliphatic heterocycles. The summed E-state index contributed by atoms with van der Waals surface area (Å²) < 4.78 is 77.9. The molecule has 0 aliphatic carbocycles. The van der Waals surface area contributed by atoms with Gasteiger partial charge in [-0.3, -0.25) is 9.59 Å². The van der Waals surface area contributed by atoms with Gasteiger partial charge in [-0.15, -0.1) is 13.2 Å². The second kappa shape index (κ2) is 10.8. The van der Waals surface area contributed by atoms with Gasteiger partial charge in [-0.1, -0.05) is 24.3 Å². The van der Waals surface area contributed by atoms with Gasteiger partial charge in [0.1, 0.15) is 5.75 Å². The van der Waals surface area contributed by atoms with Gasteiger partial charge in [0.05, 0.1) is 24.9 Å². The number of pyridine rings is 1. The van der Waals surface area contributed by atoms with Gasteiger partial charge in [0.15, 0.2) is 0 Å². The van der Waals surface area contributed by atoms with E-state index in [4.69, 9.17) is 14.6 Å². The van der Waals surface area contributed by atoms with Crippen molar-refractivity contribution < 1.29 is 55.3 Å². The normalized spacial score (nSPS) is 13.0. The number of carboxylic acids is 1. The molecule has 0 spiro atoms. The molecule has 1 aliphatic rings. The van der Waals surface area contributed by atoms with Crippen LogP contribution >= 0.6 is 0 Å². The number of amides is 1. The van der Waals surface area contributed by atoms with Crippen LogP contribution < -0.4 is 14.4 Å². The van der Waals surface area contributed by atoms with E-state index >= 15 is 0 Å². The van der Waals surface area contributed by atoms with Crippen LogP contribution in [0.1, 0.15) is 15.9 Å². The lowest BCUT2D eigenvalue weighted by Crippen LogP contribution is -2.29. The molecule has 3 aromatic rings. The maximum Gasteiger partial charge on any atom is 0.573 e. The van der Waals surface area contributed by atoms with Gasteiger partial charge in [0.2, 0.25) is 5.88 Å². The molecule has 0 saturated carbocycles. The first kappa shape index (κ1) is 28.0. The number of anilines is 1. The summed E-state index contributed by atoms with van der Waals surface area (Å²) in [6.45, 7) is 0.0954. The molecule has 14 heteroatoms. The maximum absolute atomic E-state index is 12.4. The van der Waals surface area contributed by atoms with Crippen molar-refractivity contribution in [3.63, 3.8) is 0 Å². The van der Waals surface area contributed by atoms with Gasteiger partial charge in [0, 0.05) is 17.8 Å². The lowest BCUT2D eigenvalue weighted by atomic mass is 10.1. The smallest absolute Gasteiger partial charge is 0.481 e. The Hall–Kier alpha value is -4.62. The van der Waals surface area contributed by atoms with Crippen molar-refractivity contribution >= 4 is 23.3 Å². The van der Waals surface area contributed by atoms with Crippen molar-refractivity contribution in [2.45, 2.75) is 19.1 Å². The number of alkyl halides is 6. The highest BCUT2D eigenvalue weighted by atomic mass is 19.4. The average Bonchev–Trinajstić information content (AvgIpc) is 3.08. The number of hydrogen-bond acceptors (Lipinski definition) is 6. The number of ketones is 1. The highest BCUT2D eigenvalue weighted by Crippen LogP contribution is 2.35.